The van der Waals surface area contributed by atoms with E-state index < -0.39 is 0 Å². The van der Waals surface area contributed by atoms with Crippen molar-refractivity contribution in [1.29, 1.82) is 0 Å². The summed E-state index contributed by atoms with van der Waals surface area (Å²) in [5.41, 5.74) is 4.83. The first-order chi connectivity index (χ1) is 21.8. The number of carbonyl (C=O) groups excluding carboxylic acids is 2. The zero-order chi connectivity index (χ0) is 32.7. The van der Waals surface area contributed by atoms with Crippen LogP contribution in [0.5, 0.6) is 0 Å². The Morgan fingerprint density at radius 3 is 1.69 bits per heavy atom. The van der Waals surface area contributed by atoms with Crippen molar-refractivity contribution in [2.24, 2.45) is 0 Å². The summed E-state index contributed by atoms with van der Waals surface area (Å²) in [7, 11) is 0. The summed E-state index contributed by atoms with van der Waals surface area (Å²) in [5.74, 6) is 0.645. The molecule has 2 aromatic carbocycles. The van der Waals surface area contributed by atoms with Crippen molar-refractivity contribution in [1.82, 2.24) is 5.32 Å². The highest BCUT2D eigenvalue weighted by atomic mass is 16.2. The molecule has 2 rings (SSSR count). The molecule has 5 nitrogen and oxygen atoms in total. The van der Waals surface area contributed by atoms with E-state index in [-0.39, 0.29) is 11.9 Å². The van der Waals surface area contributed by atoms with Crippen LogP contribution < -0.4 is 16.0 Å². The minimum absolute atomic E-state index is 0.0497. The fourth-order valence-electron chi connectivity index (χ4n) is 4.72. The molecule has 3 amide bonds. The maximum atomic E-state index is 12.8. The highest BCUT2D eigenvalue weighted by Gasteiger charge is 2.16. The number of allylic oxidation sites excluding steroid dienone is 10. The zero-order valence-corrected chi connectivity index (χ0v) is 28.2. The van der Waals surface area contributed by atoms with Gasteiger partial charge in [0.1, 0.15) is 0 Å². The van der Waals surface area contributed by atoms with Crippen molar-refractivity contribution >= 4 is 23.3 Å². The SMILES string of the molecule is CCC=CCC=CCC=CCC=CCC=CCCCC(=O)NCc1ccc(NC(=O)Nc2c(C(C)C)cccc2C(C)C)cc1. The van der Waals surface area contributed by atoms with Crippen LogP contribution in [0.2, 0.25) is 0 Å². The lowest BCUT2D eigenvalue weighted by atomic mass is 9.93. The number of unbranched alkanes of at least 4 members (excludes halogenated alkanes) is 1. The molecule has 0 spiro atoms. The predicted octanol–water partition coefficient (Wildman–Crippen LogP) is 11.1. The van der Waals surface area contributed by atoms with Crippen LogP contribution in [-0.2, 0) is 11.3 Å². The van der Waals surface area contributed by atoms with Crippen LogP contribution in [0.1, 0.15) is 115 Å². The average Bonchev–Trinajstić information content (AvgIpc) is 3.02. The molecule has 3 N–H and O–H groups in total. The van der Waals surface area contributed by atoms with E-state index in [4.69, 9.17) is 0 Å². The van der Waals surface area contributed by atoms with Gasteiger partial charge in [-0.25, -0.2) is 4.79 Å². The van der Waals surface area contributed by atoms with Crippen molar-refractivity contribution in [3.05, 3.63) is 120 Å². The van der Waals surface area contributed by atoms with Crippen LogP contribution >= 0.6 is 0 Å². The first kappa shape index (κ1) is 37.1. The lowest BCUT2D eigenvalue weighted by Gasteiger charge is -2.20. The van der Waals surface area contributed by atoms with Gasteiger partial charge in [0.15, 0.2) is 0 Å². The third-order valence-electron chi connectivity index (χ3n) is 7.25. The molecule has 2 aromatic rings. The highest BCUT2D eigenvalue weighted by Crippen LogP contribution is 2.32. The van der Waals surface area contributed by atoms with Gasteiger partial charge in [0, 0.05) is 24.3 Å². The number of rotatable bonds is 19. The first-order valence-corrected chi connectivity index (χ1v) is 16.6. The number of para-hydroxylation sites is 1. The highest BCUT2D eigenvalue weighted by molar-refractivity contribution is 6.01. The lowest BCUT2D eigenvalue weighted by molar-refractivity contribution is -0.121. The number of urea groups is 1. The van der Waals surface area contributed by atoms with Gasteiger partial charge in [-0.05, 0) is 85.6 Å². The van der Waals surface area contributed by atoms with E-state index in [2.05, 4.69) is 130 Å². The van der Waals surface area contributed by atoms with Crippen molar-refractivity contribution in [2.45, 2.75) is 104 Å². The van der Waals surface area contributed by atoms with E-state index in [1.807, 2.05) is 24.3 Å². The Labute approximate surface area is 272 Å². The first-order valence-electron chi connectivity index (χ1n) is 16.6. The second-order valence-corrected chi connectivity index (χ2v) is 11.8. The van der Waals surface area contributed by atoms with Crippen LogP contribution in [0, 0.1) is 0 Å². The molecule has 0 fully saturated rings. The minimum Gasteiger partial charge on any atom is -0.352 e. The molecule has 0 heterocycles. The van der Waals surface area contributed by atoms with E-state index >= 15 is 0 Å². The topological polar surface area (TPSA) is 70.2 Å². The number of nitrogens with one attached hydrogen (secondary N) is 3. The van der Waals surface area contributed by atoms with E-state index in [0.29, 0.717) is 30.5 Å². The number of amides is 3. The number of hydrogen-bond acceptors (Lipinski definition) is 2. The van der Waals surface area contributed by atoms with E-state index in [9.17, 15) is 9.59 Å². The Hall–Kier alpha value is -4.12. The molecule has 0 unspecified atom stereocenters. The normalized spacial score (nSPS) is 12.2. The summed E-state index contributed by atoms with van der Waals surface area (Å²) < 4.78 is 0. The monoisotopic (exact) mass is 609 g/mol. The van der Waals surface area contributed by atoms with Gasteiger partial charge in [-0.1, -0.05) is 126 Å². The summed E-state index contributed by atoms with van der Waals surface area (Å²) in [6.07, 6.45) is 29.1. The second-order valence-electron chi connectivity index (χ2n) is 11.8. The molecule has 0 aliphatic heterocycles. The van der Waals surface area contributed by atoms with Gasteiger partial charge in [-0.2, -0.15) is 0 Å². The predicted molar refractivity (Wildman–Crippen MR) is 194 cm³/mol. The van der Waals surface area contributed by atoms with Gasteiger partial charge in [0.25, 0.3) is 0 Å². The summed E-state index contributed by atoms with van der Waals surface area (Å²) >= 11 is 0. The quantitative estimate of drug-likeness (QED) is 0.109. The number of hydrogen-bond donors (Lipinski definition) is 3. The summed E-state index contributed by atoms with van der Waals surface area (Å²) in [6.45, 7) is 11.1. The van der Waals surface area contributed by atoms with E-state index in [0.717, 1.165) is 67.3 Å². The standard InChI is InChI=1S/C40H55N3O2/c1-6-7-8-9-10-11-12-13-14-15-16-17-18-19-20-21-22-26-38(44)41-31-34-27-29-35(30-28-34)42-40(45)43-39-36(32(2)3)24-23-25-37(39)33(4)5/h7-8,10-11,13-14,16-17,19-20,23-25,27-30,32-33H,6,9,12,15,18,21-22,26,31H2,1-5H3,(H,41,44)(H2,42,43,45). The smallest absolute Gasteiger partial charge is 0.323 e. The Morgan fingerprint density at radius 1 is 0.667 bits per heavy atom. The molecular formula is C40H55N3O2. The average molecular weight is 610 g/mol. The molecule has 5 heteroatoms. The Balaban J connectivity index is 1.62. The second kappa shape index (κ2) is 22.4. The van der Waals surface area contributed by atoms with Gasteiger partial charge in [0.2, 0.25) is 5.91 Å². The van der Waals surface area contributed by atoms with E-state index in [1.165, 1.54) is 0 Å². The van der Waals surface area contributed by atoms with Crippen molar-refractivity contribution in [2.75, 3.05) is 10.6 Å². The molecule has 0 saturated heterocycles. The molecule has 0 aliphatic carbocycles. The van der Waals surface area contributed by atoms with Crippen LogP contribution in [0.25, 0.3) is 0 Å². The lowest BCUT2D eigenvalue weighted by Crippen LogP contribution is -2.23. The molecule has 0 saturated carbocycles. The molecule has 242 valence electrons. The molecule has 45 heavy (non-hydrogen) atoms. The van der Waals surface area contributed by atoms with Gasteiger partial charge in [0.05, 0.1) is 0 Å². The van der Waals surface area contributed by atoms with E-state index in [1.54, 1.807) is 0 Å². The Morgan fingerprint density at radius 2 is 1.18 bits per heavy atom. The fraction of sp³-hybridized carbons (Fsp3) is 0.400. The summed E-state index contributed by atoms with van der Waals surface area (Å²) in [6, 6.07) is 13.5. The summed E-state index contributed by atoms with van der Waals surface area (Å²) in [4.78, 5) is 25.1. The fourth-order valence-corrected chi connectivity index (χ4v) is 4.72. The van der Waals surface area contributed by atoms with Crippen LogP contribution in [0.15, 0.2) is 103 Å². The maximum absolute atomic E-state index is 12.8. The molecule has 0 bridgehead atoms. The molecule has 0 radical (unpaired) electrons. The maximum Gasteiger partial charge on any atom is 0.323 e. The molecule has 0 aliphatic rings. The largest absolute Gasteiger partial charge is 0.352 e. The van der Waals surface area contributed by atoms with Gasteiger partial charge in [-0.3, -0.25) is 4.79 Å². The Kier molecular flexibility index (Phi) is 18.5. The minimum atomic E-state index is -0.265. The van der Waals surface area contributed by atoms with Crippen molar-refractivity contribution < 1.29 is 9.59 Å². The number of carbonyl (C=O) groups is 2. The molecule has 0 atom stereocenters. The van der Waals surface area contributed by atoms with Crippen LogP contribution in [0.3, 0.4) is 0 Å². The zero-order valence-electron chi connectivity index (χ0n) is 28.2. The van der Waals surface area contributed by atoms with Gasteiger partial charge in [-0.15, -0.1) is 0 Å². The molecule has 0 aromatic heterocycles. The number of benzene rings is 2. The third-order valence-corrected chi connectivity index (χ3v) is 7.25. The van der Waals surface area contributed by atoms with Gasteiger partial charge >= 0.3 is 6.03 Å². The van der Waals surface area contributed by atoms with Crippen molar-refractivity contribution in [3.8, 4) is 0 Å². The van der Waals surface area contributed by atoms with Crippen LogP contribution in [0.4, 0.5) is 16.2 Å². The van der Waals surface area contributed by atoms with Crippen LogP contribution in [-0.4, -0.2) is 11.9 Å². The van der Waals surface area contributed by atoms with Gasteiger partial charge < -0.3 is 16.0 Å². The third kappa shape index (κ3) is 16.0. The molecular weight excluding hydrogens is 554 g/mol. The number of anilines is 2. The van der Waals surface area contributed by atoms with Crippen molar-refractivity contribution in [3.63, 3.8) is 0 Å². The summed E-state index contributed by atoms with van der Waals surface area (Å²) in [5, 5.41) is 9.01. The Bertz CT molecular complexity index is 1270.